The Balaban J connectivity index is 1.25. The first-order chi connectivity index (χ1) is 20.2. The van der Waals surface area contributed by atoms with E-state index in [1.807, 2.05) is 60.7 Å². The van der Waals surface area contributed by atoms with E-state index in [0.29, 0.717) is 34.0 Å². The summed E-state index contributed by atoms with van der Waals surface area (Å²) in [5, 5.41) is 10.5. The Bertz CT molecular complexity index is 2050. The molecule has 0 saturated heterocycles. The van der Waals surface area contributed by atoms with Gasteiger partial charge in [-0.1, -0.05) is 30.3 Å². The minimum absolute atomic E-state index is 0.210. The average molecular weight is 539 g/mol. The number of carbonyl (C=O) groups excluding carboxylic acids is 1. The summed E-state index contributed by atoms with van der Waals surface area (Å²) in [7, 11) is 1.64. The molecule has 0 atom stereocenters. The van der Waals surface area contributed by atoms with E-state index in [9.17, 15) is 4.79 Å². The third-order valence-corrected chi connectivity index (χ3v) is 6.73. The molecule has 10 heteroatoms. The fourth-order valence-corrected chi connectivity index (χ4v) is 4.71. The maximum atomic E-state index is 12.6. The van der Waals surface area contributed by atoms with E-state index in [0.717, 1.165) is 39.0 Å². The first-order valence-electron chi connectivity index (χ1n) is 12.8. The van der Waals surface area contributed by atoms with E-state index in [1.54, 1.807) is 44.0 Å². The van der Waals surface area contributed by atoms with E-state index in [2.05, 4.69) is 30.5 Å². The van der Waals surface area contributed by atoms with Crippen molar-refractivity contribution in [2.24, 2.45) is 0 Å². The summed E-state index contributed by atoms with van der Waals surface area (Å²) in [6.45, 7) is 0. The van der Waals surface area contributed by atoms with E-state index in [4.69, 9.17) is 14.7 Å². The van der Waals surface area contributed by atoms with Crippen LogP contribution in [0.15, 0.2) is 97.6 Å². The second-order valence-corrected chi connectivity index (χ2v) is 9.35. The van der Waals surface area contributed by atoms with Gasteiger partial charge in [-0.3, -0.25) is 19.9 Å². The van der Waals surface area contributed by atoms with Crippen LogP contribution in [0.1, 0.15) is 10.4 Å². The highest BCUT2D eigenvalue weighted by molar-refractivity contribution is 6.04. The number of anilines is 1. The number of fused-ring (bicyclic) bond motifs is 2. The predicted octanol–water partition coefficient (Wildman–Crippen LogP) is 5.89. The van der Waals surface area contributed by atoms with Crippen molar-refractivity contribution < 1.29 is 9.53 Å². The van der Waals surface area contributed by atoms with Crippen molar-refractivity contribution in [3.63, 3.8) is 0 Å². The van der Waals surface area contributed by atoms with Crippen LogP contribution in [0.3, 0.4) is 0 Å². The molecule has 0 aliphatic carbocycles. The minimum Gasteiger partial charge on any atom is -0.497 e. The fourth-order valence-electron chi connectivity index (χ4n) is 4.71. The molecule has 198 valence electrons. The van der Waals surface area contributed by atoms with Crippen molar-refractivity contribution in [1.29, 1.82) is 0 Å². The molecule has 7 aromatic rings. The maximum Gasteiger partial charge on any atom is 0.255 e. The third-order valence-electron chi connectivity index (χ3n) is 6.73. The highest BCUT2D eigenvalue weighted by Gasteiger charge is 2.18. The first-order valence-corrected chi connectivity index (χ1v) is 12.8. The van der Waals surface area contributed by atoms with E-state index < -0.39 is 0 Å². The van der Waals surface area contributed by atoms with Crippen LogP contribution >= 0.6 is 0 Å². The Morgan fingerprint density at radius 2 is 1.68 bits per heavy atom. The zero-order valence-corrected chi connectivity index (χ0v) is 21.8. The average Bonchev–Trinajstić information content (AvgIpc) is 3.65. The number of methoxy groups -OCH3 is 1. The Kier molecular flexibility index (Phi) is 5.90. The lowest BCUT2D eigenvalue weighted by Gasteiger charge is -2.07. The van der Waals surface area contributed by atoms with Gasteiger partial charge in [0.2, 0.25) is 0 Å². The standard InChI is InChI=1S/C31H22N8O2/c1-41-22-9-5-8-19(13-22)23-16-33-17-26-27(23)37-30(36-26)29-28-25(38-39-29)11-10-24(35-28)20-12-21(15-32-14-20)34-31(40)18-6-3-2-4-7-18/h2-17H,1H3,(H,34,40)(H,36,37)(H,38,39). The molecule has 5 heterocycles. The number of nitrogens with one attached hydrogen (secondary N) is 3. The molecule has 10 nitrogen and oxygen atoms in total. The number of amides is 1. The van der Waals surface area contributed by atoms with Gasteiger partial charge in [0, 0.05) is 29.1 Å². The molecular formula is C31H22N8O2. The Hall–Kier alpha value is -5.90. The minimum atomic E-state index is -0.210. The van der Waals surface area contributed by atoms with E-state index >= 15 is 0 Å². The number of aromatic amines is 2. The smallest absolute Gasteiger partial charge is 0.255 e. The van der Waals surface area contributed by atoms with Crippen molar-refractivity contribution in [2.45, 2.75) is 0 Å². The number of carbonyl (C=O) groups is 1. The van der Waals surface area contributed by atoms with Crippen molar-refractivity contribution in [1.82, 2.24) is 35.1 Å². The van der Waals surface area contributed by atoms with E-state index in [-0.39, 0.29) is 5.91 Å². The molecule has 0 aliphatic heterocycles. The zero-order chi connectivity index (χ0) is 27.8. The van der Waals surface area contributed by atoms with Crippen molar-refractivity contribution in [3.05, 3.63) is 103 Å². The molecule has 41 heavy (non-hydrogen) atoms. The quantitative estimate of drug-likeness (QED) is 0.240. The summed E-state index contributed by atoms with van der Waals surface area (Å²) >= 11 is 0. The van der Waals surface area contributed by atoms with Gasteiger partial charge in [-0.2, -0.15) is 5.10 Å². The monoisotopic (exact) mass is 538 g/mol. The number of hydrogen-bond donors (Lipinski definition) is 3. The van der Waals surface area contributed by atoms with Gasteiger partial charge in [-0.05, 0) is 48.0 Å². The van der Waals surface area contributed by atoms with Crippen LogP contribution < -0.4 is 10.1 Å². The first kappa shape index (κ1) is 24.2. The molecule has 7 rings (SSSR count). The summed E-state index contributed by atoms with van der Waals surface area (Å²) in [4.78, 5) is 34.5. The number of pyridine rings is 3. The molecule has 0 fully saturated rings. The Morgan fingerprint density at radius 1 is 0.805 bits per heavy atom. The molecule has 0 unspecified atom stereocenters. The van der Waals surface area contributed by atoms with Gasteiger partial charge < -0.3 is 15.0 Å². The molecule has 5 aromatic heterocycles. The number of nitrogens with zero attached hydrogens (tertiary/aromatic N) is 5. The third kappa shape index (κ3) is 4.53. The number of H-pyrrole nitrogens is 2. The molecule has 0 aliphatic rings. The number of hydrogen-bond acceptors (Lipinski definition) is 7. The van der Waals surface area contributed by atoms with Crippen molar-refractivity contribution in [2.75, 3.05) is 12.4 Å². The number of ether oxygens (including phenoxy) is 1. The lowest BCUT2D eigenvalue weighted by molar-refractivity contribution is 0.102. The number of rotatable bonds is 6. The second-order valence-electron chi connectivity index (χ2n) is 9.35. The Labute approximate surface area is 233 Å². The molecule has 2 aromatic carbocycles. The molecule has 0 saturated carbocycles. The maximum absolute atomic E-state index is 12.6. The largest absolute Gasteiger partial charge is 0.497 e. The van der Waals surface area contributed by atoms with Gasteiger partial charge in [0.15, 0.2) is 11.5 Å². The summed E-state index contributed by atoms with van der Waals surface area (Å²) < 4.78 is 5.40. The van der Waals surface area contributed by atoms with Crippen molar-refractivity contribution >= 4 is 33.7 Å². The van der Waals surface area contributed by atoms with Crippen LogP contribution in [0.4, 0.5) is 5.69 Å². The van der Waals surface area contributed by atoms with Gasteiger partial charge in [0.25, 0.3) is 5.91 Å². The molecule has 0 bridgehead atoms. The zero-order valence-electron chi connectivity index (χ0n) is 21.8. The highest BCUT2D eigenvalue weighted by Crippen LogP contribution is 2.32. The predicted molar refractivity (Wildman–Crippen MR) is 156 cm³/mol. The molecule has 0 spiro atoms. The van der Waals surface area contributed by atoms with Crippen LogP contribution in [-0.2, 0) is 0 Å². The number of imidazole rings is 1. The lowest BCUT2D eigenvalue weighted by atomic mass is 10.1. The molecule has 3 N–H and O–H groups in total. The van der Waals surface area contributed by atoms with Gasteiger partial charge >= 0.3 is 0 Å². The normalized spacial score (nSPS) is 11.1. The van der Waals surface area contributed by atoms with Crippen LogP contribution in [0.2, 0.25) is 0 Å². The van der Waals surface area contributed by atoms with Crippen molar-refractivity contribution in [3.8, 4) is 39.7 Å². The van der Waals surface area contributed by atoms with Crippen LogP contribution in [0.25, 0.3) is 56.0 Å². The SMILES string of the molecule is COc1cccc(-c2cncc3[nH]c(-c4n[nH]c5ccc(-c6cncc(NC(=O)c7ccccc7)c6)nc45)nc23)c1. The summed E-state index contributed by atoms with van der Waals surface area (Å²) in [6.07, 6.45) is 6.84. The van der Waals surface area contributed by atoms with Crippen LogP contribution in [-0.4, -0.2) is 48.1 Å². The van der Waals surface area contributed by atoms with Gasteiger partial charge in [0.1, 0.15) is 11.3 Å². The second kappa shape index (κ2) is 10.0. The molecular weight excluding hydrogens is 516 g/mol. The number of aromatic nitrogens is 7. The van der Waals surface area contributed by atoms with Gasteiger partial charge in [-0.25, -0.2) is 9.97 Å². The lowest BCUT2D eigenvalue weighted by Crippen LogP contribution is -2.11. The summed E-state index contributed by atoms with van der Waals surface area (Å²) in [5.74, 6) is 1.11. The summed E-state index contributed by atoms with van der Waals surface area (Å²) in [6, 6.07) is 22.4. The highest BCUT2D eigenvalue weighted by atomic mass is 16.5. The van der Waals surface area contributed by atoms with Crippen LogP contribution in [0, 0.1) is 0 Å². The topological polar surface area (TPSA) is 134 Å². The van der Waals surface area contributed by atoms with Crippen LogP contribution in [0.5, 0.6) is 5.75 Å². The fraction of sp³-hybridized carbons (Fsp3) is 0.0323. The van der Waals surface area contributed by atoms with E-state index in [1.165, 1.54) is 0 Å². The van der Waals surface area contributed by atoms with Gasteiger partial charge in [0.05, 0.1) is 47.4 Å². The number of benzene rings is 2. The molecule has 1 amide bonds. The molecule has 0 radical (unpaired) electrons. The summed E-state index contributed by atoms with van der Waals surface area (Å²) in [5.41, 5.74) is 7.91. The Morgan fingerprint density at radius 3 is 2.56 bits per heavy atom. The van der Waals surface area contributed by atoms with Gasteiger partial charge in [-0.15, -0.1) is 0 Å².